The molecule has 1 aliphatic rings. The fourth-order valence-electron chi connectivity index (χ4n) is 5.04. The van der Waals surface area contributed by atoms with E-state index < -0.39 is 10.0 Å². The van der Waals surface area contributed by atoms with Crippen molar-refractivity contribution in [3.8, 4) is 16.9 Å². The zero-order valence-corrected chi connectivity index (χ0v) is 24.4. The second kappa shape index (κ2) is 12.8. The van der Waals surface area contributed by atoms with E-state index in [9.17, 15) is 18.3 Å². The molecule has 3 aromatic rings. The lowest BCUT2D eigenvalue weighted by Crippen LogP contribution is -2.47. The number of nitrogens with zero attached hydrogens (tertiary/aromatic N) is 2. The molecule has 9 heteroatoms. The van der Waals surface area contributed by atoms with E-state index >= 15 is 0 Å². The fourth-order valence-corrected chi connectivity index (χ4v) is 5.60. The Morgan fingerprint density at radius 1 is 1.07 bits per heavy atom. The third kappa shape index (κ3) is 7.84. The van der Waals surface area contributed by atoms with Crippen LogP contribution in [0, 0.1) is 5.92 Å². The summed E-state index contributed by atoms with van der Waals surface area (Å²) in [7, 11) is -1.43. The van der Waals surface area contributed by atoms with Crippen LogP contribution in [-0.4, -0.2) is 74.4 Å². The number of benzene rings is 3. The predicted molar refractivity (Wildman–Crippen MR) is 159 cm³/mol. The lowest BCUT2D eigenvalue weighted by atomic mass is 10.0. The van der Waals surface area contributed by atoms with Crippen LogP contribution in [0.15, 0.2) is 72.8 Å². The molecule has 0 radical (unpaired) electrons. The van der Waals surface area contributed by atoms with Gasteiger partial charge in [-0.1, -0.05) is 61.5 Å². The lowest BCUT2D eigenvalue weighted by Gasteiger charge is -2.34. The van der Waals surface area contributed by atoms with Gasteiger partial charge in [-0.25, -0.2) is 8.42 Å². The summed E-state index contributed by atoms with van der Waals surface area (Å²) >= 11 is 0. The van der Waals surface area contributed by atoms with Gasteiger partial charge in [-0.15, -0.1) is 0 Å². The topological polar surface area (TPSA) is 99.2 Å². The molecule has 0 unspecified atom stereocenters. The van der Waals surface area contributed by atoms with Crippen molar-refractivity contribution in [2.75, 3.05) is 37.7 Å². The Labute approximate surface area is 237 Å². The molecule has 0 bridgehead atoms. The minimum atomic E-state index is -3.48. The highest BCUT2D eigenvalue weighted by Crippen LogP contribution is 2.30. The van der Waals surface area contributed by atoms with Crippen LogP contribution in [0.5, 0.6) is 5.75 Å². The van der Waals surface area contributed by atoms with Gasteiger partial charge in [-0.05, 0) is 48.9 Å². The zero-order chi connectivity index (χ0) is 28.9. The van der Waals surface area contributed by atoms with Gasteiger partial charge in [0.05, 0.1) is 25.3 Å². The molecule has 0 aliphatic carbocycles. The summed E-state index contributed by atoms with van der Waals surface area (Å²) in [5.74, 6) is 0.395. The molecule has 214 valence electrons. The first-order valence-electron chi connectivity index (χ1n) is 13.5. The van der Waals surface area contributed by atoms with Gasteiger partial charge in [0.1, 0.15) is 11.9 Å². The summed E-state index contributed by atoms with van der Waals surface area (Å²) < 4.78 is 32.6. The summed E-state index contributed by atoms with van der Waals surface area (Å²) in [6, 6.07) is 23.5. The van der Waals surface area contributed by atoms with E-state index in [2.05, 4.69) is 52.9 Å². The Morgan fingerprint density at radius 2 is 1.75 bits per heavy atom. The highest BCUT2D eigenvalue weighted by molar-refractivity contribution is 7.92. The maximum atomic E-state index is 13.3. The molecule has 0 spiro atoms. The molecule has 3 aromatic carbocycles. The smallest absolute Gasteiger partial charge is 0.229 e. The molecule has 0 aromatic heterocycles. The van der Waals surface area contributed by atoms with Crippen LogP contribution >= 0.6 is 0 Å². The number of anilines is 1. The number of fused-ring (bicyclic) bond motifs is 1. The van der Waals surface area contributed by atoms with Crippen molar-refractivity contribution in [2.24, 2.45) is 5.92 Å². The number of ether oxygens (including phenoxy) is 1. The van der Waals surface area contributed by atoms with E-state index in [1.165, 1.54) is 16.7 Å². The first-order chi connectivity index (χ1) is 19.0. The number of nitrogens with one attached hydrogen (secondary N) is 1. The molecule has 4 rings (SSSR count). The Kier molecular flexibility index (Phi) is 9.50. The third-order valence-corrected chi connectivity index (χ3v) is 7.83. The largest absolute Gasteiger partial charge is 0.488 e. The molecular formula is C31H39N3O5S. The maximum absolute atomic E-state index is 13.3. The van der Waals surface area contributed by atoms with Crippen molar-refractivity contribution in [2.45, 2.75) is 39.0 Å². The number of hydrogen-bond donors (Lipinski definition) is 2. The van der Waals surface area contributed by atoms with E-state index in [4.69, 9.17) is 4.74 Å². The Morgan fingerprint density at radius 3 is 2.40 bits per heavy atom. The first-order valence-corrected chi connectivity index (χ1v) is 15.4. The van der Waals surface area contributed by atoms with Gasteiger partial charge in [0, 0.05) is 36.8 Å². The molecule has 0 fully saturated rings. The molecule has 1 aliphatic heterocycles. The maximum Gasteiger partial charge on any atom is 0.229 e. The number of amides is 1. The van der Waals surface area contributed by atoms with Crippen molar-refractivity contribution < 1.29 is 23.1 Å². The highest BCUT2D eigenvalue weighted by atomic mass is 32.2. The SMILES string of the molecule is C[C@H]1CN([C@@H](C)CO)C(=O)Cc2cc(NS(C)(=O)=O)ccc2O[C@@H]1CN(C)Cc1ccc(-c2ccccc2)cc1. The summed E-state index contributed by atoms with van der Waals surface area (Å²) in [6.45, 7) is 5.51. The number of carbonyl (C=O) groups is 1. The van der Waals surface area contributed by atoms with Crippen LogP contribution in [0.4, 0.5) is 5.69 Å². The average molecular weight is 566 g/mol. The van der Waals surface area contributed by atoms with Crippen molar-refractivity contribution >= 4 is 21.6 Å². The number of sulfonamides is 1. The molecular weight excluding hydrogens is 526 g/mol. The van der Waals surface area contributed by atoms with Crippen molar-refractivity contribution in [1.82, 2.24) is 9.80 Å². The summed E-state index contributed by atoms with van der Waals surface area (Å²) in [4.78, 5) is 17.2. The summed E-state index contributed by atoms with van der Waals surface area (Å²) in [5.41, 5.74) is 4.51. The average Bonchev–Trinajstić information content (AvgIpc) is 2.96. The molecule has 40 heavy (non-hydrogen) atoms. The molecule has 2 N–H and O–H groups in total. The number of aliphatic hydroxyl groups is 1. The molecule has 3 atom stereocenters. The summed E-state index contributed by atoms with van der Waals surface area (Å²) in [5, 5.41) is 9.85. The van der Waals surface area contributed by atoms with Crippen molar-refractivity contribution in [3.63, 3.8) is 0 Å². The van der Waals surface area contributed by atoms with E-state index in [1.54, 1.807) is 23.1 Å². The Balaban J connectivity index is 1.55. The van der Waals surface area contributed by atoms with Gasteiger partial charge < -0.3 is 14.7 Å². The van der Waals surface area contributed by atoms with Gasteiger partial charge in [0.15, 0.2) is 0 Å². The standard InChI is InChI=1S/C31H39N3O5S/c1-22-18-34(23(2)21-35)31(36)17-27-16-28(32-40(4,37)38)14-15-29(27)39-30(22)20-33(3)19-24-10-12-26(13-11-24)25-8-6-5-7-9-25/h5-16,22-23,30,32,35H,17-21H2,1-4H3/t22-,23-,30+/m0/s1. The van der Waals surface area contributed by atoms with Crippen LogP contribution in [0.25, 0.3) is 11.1 Å². The minimum Gasteiger partial charge on any atom is -0.488 e. The number of aliphatic hydroxyl groups excluding tert-OH is 1. The fraction of sp³-hybridized carbons (Fsp3) is 0.387. The number of likely N-dealkylation sites (N-methyl/N-ethyl adjacent to an activating group) is 1. The van der Waals surface area contributed by atoms with Crippen molar-refractivity contribution in [3.05, 3.63) is 83.9 Å². The van der Waals surface area contributed by atoms with E-state index in [0.29, 0.717) is 30.1 Å². The Hall–Kier alpha value is -3.40. The summed E-state index contributed by atoms with van der Waals surface area (Å²) in [6.07, 6.45) is 0.881. The van der Waals surface area contributed by atoms with Crippen LogP contribution in [0.2, 0.25) is 0 Å². The van der Waals surface area contributed by atoms with Crippen LogP contribution in [0.3, 0.4) is 0 Å². The quantitative estimate of drug-likeness (QED) is 0.407. The van der Waals surface area contributed by atoms with E-state index in [-0.39, 0.29) is 37.0 Å². The second-order valence-corrected chi connectivity index (χ2v) is 12.6. The van der Waals surface area contributed by atoms with Crippen LogP contribution in [-0.2, 0) is 27.8 Å². The number of rotatable bonds is 9. The highest BCUT2D eigenvalue weighted by Gasteiger charge is 2.31. The normalized spacial score (nSPS) is 18.8. The first kappa shape index (κ1) is 29.6. The van der Waals surface area contributed by atoms with Gasteiger partial charge in [0.25, 0.3) is 0 Å². The second-order valence-electron chi connectivity index (χ2n) is 10.8. The third-order valence-electron chi connectivity index (χ3n) is 7.22. The molecule has 0 saturated heterocycles. The van der Waals surface area contributed by atoms with Gasteiger partial charge in [-0.3, -0.25) is 14.4 Å². The van der Waals surface area contributed by atoms with Crippen molar-refractivity contribution in [1.29, 1.82) is 0 Å². The van der Waals surface area contributed by atoms with Crippen LogP contribution in [0.1, 0.15) is 25.0 Å². The van der Waals surface area contributed by atoms with E-state index in [1.807, 2.05) is 32.2 Å². The number of carbonyl (C=O) groups excluding carboxylic acids is 1. The minimum absolute atomic E-state index is 0.0272. The van der Waals surface area contributed by atoms with Gasteiger partial charge >= 0.3 is 0 Å². The van der Waals surface area contributed by atoms with Crippen LogP contribution < -0.4 is 9.46 Å². The lowest BCUT2D eigenvalue weighted by molar-refractivity contribution is -0.134. The molecule has 0 saturated carbocycles. The molecule has 1 amide bonds. The van der Waals surface area contributed by atoms with Gasteiger partial charge in [-0.2, -0.15) is 0 Å². The Bertz CT molecular complexity index is 1400. The monoisotopic (exact) mass is 565 g/mol. The predicted octanol–water partition coefficient (Wildman–Crippen LogP) is 4.01. The zero-order valence-electron chi connectivity index (χ0n) is 23.6. The molecule has 8 nitrogen and oxygen atoms in total. The van der Waals surface area contributed by atoms with E-state index in [0.717, 1.165) is 12.8 Å². The van der Waals surface area contributed by atoms with Gasteiger partial charge in [0.2, 0.25) is 15.9 Å². The number of hydrogen-bond acceptors (Lipinski definition) is 6. The molecule has 1 heterocycles.